The maximum atomic E-state index is 5.92. The highest BCUT2D eigenvalue weighted by atomic mass is 16.5. The van der Waals surface area contributed by atoms with Gasteiger partial charge in [0.05, 0.1) is 12.2 Å². The Bertz CT molecular complexity index is 179. The Hall–Kier alpha value is -0.0800. The van der Waals surface area contributed by atoms with Crippen LogP contribution in [0, 0.1) is 5.92 Å². The fraction of sp³-hybridized carbons (Fsp3) is 1.00. The average molecular weight is 197 g/mol. The quantitative estimate of drug-likeness (QED) is 0.747. The van der Waals surface area contributed by atoms with Crippen molar-refractivity contribution in [3.8, 4) is 0 Å². The molecular formula is C12H23NO. The molecule has 2 fully saturated rings. The first kappa shape index (κ1) is 10.4. The molecule has 2 aliphatic rings. The molecule has 3 unspecified atom stereocenters. The third-order valence-electron chi connectivity index (χ3n) is 3.90. The second-order valence-electron chi connectivity index (χ2n) is 4.99. The van der Waals surface area contributed by atoms with Crippen LogP contribution in [0.5, 0.6) is 0 Å². The third-order valence-corrected chi connectivity index (χ3v) is 3.90. The molecule has 0 bridgehead atoms. The molecule has 1 N–H and O–H groups in total. The molecule has 3 atom stereocenters. The largest absolute Gasteiger partial charge is 0.374 e. The zero-order chi connectivity index (χ0) is 9.97. The zero-order valence-corrected chi connectivity index (χ0v) is 9.46. The lowest BCUT2D eigenvalue weighted by molar-refractivity contribution is 0.0245. The van der Waals surface area contributed by atoms with Crippen molar-refractivity contribution in [3.05, 3.63) is 0 Å². The first-order valence-electron chi connectivity index (χ1n) is 6.12. The number of rotatable bonds is 4. The normalized spacial score (nSPS) is 35.6. The first-order chi connectivity index (χ1) is 6.79. The van der Waals surface area contributed by atoms with Gasteiger partial charge in [0.25, 0.3) is 0 Å². The molecule has 82 valence electrons. The molecule has 1 aliphatic heterocycles. The summed E-state index contributed by atoms with van der Waals surface area (Å²) in [4.78, 5) is 0. The molecule has 0 aromatic rings. The van der Waals surface area contributed by atoms with E-state index in [9.17, 15) is 0 Å². The summed E-state index contributed by atoms with van der Waals surface area (Å²) in [6, 6.07) is 0.602. The van der Waals surface area contributed by atoms with Crippen molar-refractivity contribution in [3.63, 3.8) is 0 Å². The number of hydrogen-bond donors (Lipinski definition) is 1. The lowest BCUT2D eigenvalue weighted by atomic mass is 9.79. The van der Waals surface area contributed by atoms with E-state index in [1.165, 1.54) is 38.5 Å². The highest BCUT2D eigenvalue weighted by Gasteiger charge is 2.31. The van der Waals surface area contributed by atoms with Crippen molar-refractivity contribution in [2.75, 3.05) is 7.05 Å². The second-order valence-corrected chi connectivity index (χ2v) is 4.99. The molecule has 0 spiro atoms. The summed E-state index contributed by atoms with van der Waals surface area (Å²) in [5.41, 5.74) is 0. The van der Waals surface area contributed by atoms with Crippen molar-refractivity contribution >= 4 is 0 Å². The first-order valence-corrected chi connectivity index (χ1v) is 6.12. The fourth-order valence-corrected chi connectivity index (χ4v) is 2.67. The topological polar surface area (TPSA) is 21.3 Å². The van der Waals surface area contributed by atoms with E-state index in [1.54, 1.807) is 0 Å². The molecule has 0 aromatic carbocycles. The maximum Gasteiger partial charge on any atom is 0.0732 e. The van der Waals surface area contributed by atoms with Gasteiger partial charge in [-0.25, -0.2) is 0 Å². The standard InChI is InChI=1S/C12H23NO/c1-9-6-7-12(14-9)11(13-2)8-10-4-3-5-10/h9-13H,3-8H2,1-2H3. The van der Waals surface area contributed by atoms with Crippen LogP contribution in [0.4, 0.5) is 0 Å². The molecule has 0 aromatic heterocycles. The molecular weight excluding hydrogens is 174 g/mol. The Labute approximate surface area is 87.4 Å². The van der Waals surface area contributed by atoms with E-state index in [0.29, 0.717) is 18.2 Å². The highest BCUT2D eigenvalue weighted by Crippen LogP contribution is 2.33. The molecule has 1 saturated carbocycles. The Kier molecular flexibility index (Phi) is 3.45. The summed E-state index contributed by atoms with van der Waals surface area (Å²) in [6.45, 7) is 2.19. The van der Waals surface area contributed by atoms with E-state index in [2.05, 4.69) is 19.3 Å². The molecule has 1 aliphatic carbocycles. The molecule has 14 heavy (non-hydrogen) atoms. The SMILES string of the molecule is CNC(CC1CCC1)C1CCC(C)O1. The number of likely N-dealkylation sites (N-methyl/N-ethyl adjacent to an activating group) is 1. The van der Waals surface area contributed by atoms with E-state index >= 15 is 0 Å². The van der Waals surface area contributed by atoms with Gasteiger partial charge in [0.1, 0.15) is 0 Å². The van der Waals surface area contributed by atoms with Crippen molar-refractivity contribution in [2.45, 2.75) is 63.7 Å². The summed E-state index contributed by atoms with van der Waals surface area (Å²) in [6.07, 6.45) is 9.12. The predicted molar refractivity (Wildman–Crippen MR) is 58.4 cm³/mol. The van der Waals surface area contributed by atoms with Crippen LogP contribution in [0.3, 0.4) is 0 Å². The van der Waals surface area contributed by atoms with Crippen LogP contribution in [0.1, 0.15) is 45.4 Å². The van der Waals surface area contributed by atoms with Crippen LogP contribution < -0.4 is 5.32 Å². The van der Waals surface area contributed by atoms with E-state index in [4.69, 9.17) is 4.74 Å². The summed E-state index contributed by atoms with van der Waals surface area (Å²) >= 11 is 0. The predicted octanol–water partition coefficient (Wildman–Crippen LogP) is 2.33. The summed E-state index contributed by atoms with van der Waals surface area (Å²) in [7, 11) is 2.08. The van der Waals surface area contributed by atoms with Crippen molar-refractivity contribution in [1.82, 2.24) is 5.32 Å². The average Bonchev–Trinajstić information content (AvgIpc) is 2.50. The van der Waals surface area contributed by atoms with Gasteiger partial charge >= 0.3 is 0 Å². The van der Waals surface area contributed by atoms with Crippen LogP contribution in [0.2, 0.25) is 0 Å². The van der Waals surface area contributed by atoms with Gasteiger partial charge < -0.3 is 10.1 Å². The number of hydrogen-bond acceptors (Lipinski definition) is 2. The lowest BCUT2D eigenvalue weighted by Crippen LogP contribution is -2.40. The smallest absolute Gasteiger partial charge is 0.0732 e. The van der Waals surface area contributed by atoms with Crippen LogP contribution in [-0.2, 0) is 4.74 Å². The van der Waals surface area contributed by atoms with Crippen LogP contribution in [-0.4, -0.2) is 25.3 Å². The van der Waals surface area contributed by atoms with Crippen LogP contribution in [0.25, 0.3) is 0 Å². The molecule has 1 heterocycles. The molecule has 2 nitrogen and oxygen atoms in total. The van der Waals surface area contributed by atoms with E-state index in [1.807, 2.05) is 0 Å². The van der Waals surface area contributed by atoms with Gasteiger partial charge in [0, 0.05) is 6.04 Å². The molecule has 0 amide bonds. The second kappa shape index (κ2) is 4.63. The van der Waals surface area contributed by atoms with Gasteiger partial charge in [0.2, 0.25) is 0 Å². The van der Waals surface area contributed by atoms with E-state index < -0.39 is 0 Å². The van der Waals surface area contributed by atoms with Gasteiger partial charge in [-0.15, -0.1) is 0 Å². The van der Waals surface area contributed by atoms with Crippen LogP contribution in [0.15, 0.2) is 0 Å². The van der Waals surface area contributed by atoms with Crippen LogP contribution >= 0.6 is 0 Å². The van der Waals surface area contributed by atoms with Gasteiger partial charge in [-0.3, -0.25) is 0 Å². The molecule has 2 rings (SSSR count). The van der Waals surface area contributed by atoms with Crippen molar-refractivity contribution in [2.24, 2.45) is 5.92 Å². The van der Waals surface area contributed by atoms with Gasteiger partial charge in [-0.05, 0) is 39.2 Å². The monoisotopic (exact) mass is 197 g/mol. The Balaban J connectivity index is 1.79. The maximum absolute atomic E-state index is 5.92. The zero-order valence-electron chi connectivity index (χ0n) is 9.46. The summed E-state index contributed by atoms with van der Waals surface area (Å²) < 4.78 is 5.92. The van der Waals surface area contributed by atoms with Gasteiger partial charge in [0.15, 0.2) is 0 Å². The highest BCUT2D eigenvalue weighted by molar-refractivity contribution is 4.85. The van der Waals surface area contributed by atoms with Gasteiger partial charge in [-0.1, -0.05) is 19.3 Å². The lowest BCUT2D eigenvalue weighted by Gasteiger charge is -2.32. The number of nitrogens with one attached hydrogen (secondary N) is 1. The number of ether oxygens (including phenoxy) is 1. The third kappa shape index (κ3) is 2.29. The van der Waals surface area contributed by atoms with Crippen molar-refractivity contribution < 1.29 is 4.74 Å². The Morgan fingerprint density at radius 3 is 2.50 bits per heavy atom. The minimum atomic E-state index is 0.482. The molecule has 2 heteroatoms. The van der Waals surface area contributed by atoms with Crippen molar-refractivity contribution in [1.29, 1.82) is 0 Å². The minimum absolute atomic E-state index is 0.482. The molecule has 0 radical (unpaired) electrons. The summed E-state index contributed by atoms with van der Waals surface area (Å²) in [5, 5.41) is 3.44. The fourth-order valence-electron chi connectivity index (χ4n) is 2.67. The van der Waals surface area contributed by atoms with E-state index in [-0.39, 0.29) is 0 Å². The van der Waals surface area contributed by atoms with Gasteiger partial charge in [-0.2, -0.15) is 0 Å². The van der Waals surface area contributed by atoms with E-state index in [0.717, 1.165) is 5.92 Å². The minimum Gasteiger partial charge on any atom is -0.374 e. The molecule has 1 saturated heterocycles. The Morgan fingerprint density at radius 1 is 1.29 bits per heavy atom. The Morgan fingerprint density at radius 2 is 2.07 bits per heavy atom. The summed E-state index contributed by atoms with van der Waals surface area (Å²) in [5.74, 6) is 0.979.